The van der Waals surface area contributed by atoms with E-state index in [0.29, 0.717) is 31.3 Å². The van der Waals surface area contributed by atoms with Crippen LogP contribution in [0.25, 0.3) is 0 Å². The molecule has 0 saturated heterocycles. The molecule has 0 aromatic carbocycles. The Hall–Kier alpha value is -1.76. The lowest BCUT2D eigenvalue weighted by molar-refractivity contribution is -0.280. The minimum Gasteiger partial charge on any atom is -0.455 e. The highest BCUT2D eigenvalue weighted by Gasteiger charge is 2.76. The zero-order valence-electron chi connectivity index (χ0n) is 21.0. The number of carbonyl (C=O) groups excluding carboxylic acids is 2. The van der Waals surface area contributed by atoms with Crippen LogP contribution in [0.2, 0.25) is 0 Å². The van der Waals surface area contributed by atoms with Crippen LogP contribution in [0.15, 0.2) is 34.9 Å². The van der Waals surface area contributed by atoms with Gasteiger partial charge in [0.1, 0.15) is 17.3 Å². The van der Waals surface area contributed by atoms with E-state index in [-0.39, 0.29) is 24.0 Å². The highest BCUT2D eigenvalue weighted by Crippen LogP contribution is 2.70. The average Bonchev–Trinajstić information content (AvgIpc) is 3.00. The predicted molar refractivity (Wildman–Crippen MR) is 127 cm³/mol. The lowest BCUT2D eigenvalue weighted by Crippen LogP contribution is -2.72. The van der Waals surface area contributed by atoms with Gasteiger partial charge in [0.15, 0.2) is 5.78 Å². The number of rotatable bonds is 2. The summed E-state index contributed by atoms with van der Waals surface area (Å²) in [5, 5.41) is 36.5. The van der Waals surface area contributed by atoms with Gasteiger partial charge in [-0.1, -0.05) is 30.2 Å². The number of ketones is 1. The van der Waals surface area contributed by atoms with E-state index in [1.54, 1.807) is 19.9 Å². The summed E-state index contributed by atoms with van der Waals surface area (Å²) in [4.78, 5) is 25.5. The van der Waals surface area contributed by atoms with Crippen molar-refractivity contribution in [3.05, 3.63) is 34.9 Å². The monoisotopic (exact) mass is 470 g/mol. The smallest absolute Gasteiger partial charge is 0.334 e. The molecule has 0 radical (unpaired) electrons. The van der Waals surface area contributed by atoms with E-state index in [0.717, 1.165) is 24.0 Å². The molecule has 1 heterocycles. The molecule has 6 heteroatoms. The number of carbonyl (C=O) groups is 2. The van der Waals surface area contributed by atoms with Crippen molar-refractivity contribution in [3.63, 3.8) is 0 Å². The van der Waals surface area contributed by atoms with Gasteiger partial charge in [-0.25, -0.2) is 4.79 Å². The first-order valence-corrected chi connectivity index (χ1v) is 12.7. The van der Waals surface area contributed by atoms with Crippen LogP contribution in [0.4, 0.5) is 0 Å². The number of ether oxygens (including phenoxy) is 1. The third kappa shape index (κ3) is 2.63. The predicted octanol–water partition coefficient (Wildman–Crippen LogP) is 3.54. The topological polar surface area (TPSA) is 104 Å². The number of hydrogen-bond acceptors (Lipinski definition) is 6. The minimum absolute atomic E-state index is 0.0179. The summed E-state index contributed by atoms with van der Waals surface area (Å²) in [6.07, 6.45) is 8.18. The Morgan fingerprint density at radius 3 is 2.44 bits per heavy atom. The number of fused-ring (bicyclic) bond motifs is 5. The van der Waals surface area contributed by atoms with E-state index in [1.165, 1.54) is 0 Å². The second kappa shape index (κ2) is 7.14. The van der Waals surface area contributed by atoms with Gasteiger partial charge in [-0.05, 0) is 84.1 Å². The highest BCUT2D eigenvalue weighted by atomic mass is 16.6. The van der Waals surface area contributed by atoms with Gasteiger partial charge in [0.2, 0.25) is 0 Å². The zero-order valence-corrected chi connectivity index (χ0v) is 21.0. The molecule has 0 aromatic rings. The zero-order chi connectivity index (χ0) is 24.9. The van der Waals surface area contributed by atoms with E-state index in [9.17, 15) is 24.9 Å². The number of esters is 1. The van der Waals surface area contributed by atoms with Crippen molar-refractivity contribution in [2.45, 2.75) is 102 Å². The fourth-order valence-electron chi connectivity index (χ4n) is 8.50. The fraction of sp³-hybridized carbons (Fsp3) is 0.714. The molecule has 34 heavy (non-hydrogen) atoms. The van der Waals surface area contributed by atoms with Crippen molar-refractivity contribution < 1.29 is 29.6 Å². The SMILES string of the molecule is CC1=C(C)C(=O)OC(C(C)(O)C2(O)CCC3(O)C4CCC5=CC=CC(=O)C5(C)C4CCC32C)C1. The first-order valence-electron chi connectivity index (χ1n) is 12.7. The molecule has 1 aliphatic heterocycles. The van der Waals surface area contributed by atoms with Gasteiger partial charge < -0.3 is 20.1 Å². The summed E-state index contributed by atoms with van der Waals surface area (Å²) in [7, 11) is 0. The maximum absolute atomic E-state index is 13.1. The van der Waals surface area contributed by atoms with Gasteiger partial charge in [0, 0.05) is 17.4 Å². The summed E-state index contributed by atoms with van der Waals surface area (Å²) < 4.78 is 5.63. The number of hydrogen-bond donors (Lipinski definition) is 3. The van der Waals surface area contributed by atoms with Crippen LogP contribution in [-0.4, -0.2) is 50.0 Å². The van der Waals surface area contributed by atoms with Crippen molar-refractivity contribution >= 4 is 11.8 Å². The van der Waals surface area contributed by atoms with Crippen molar-refractivity contribution in [2.75, 3.05) is 0 Å². The molecule has 4 aliphatic carbocycles. The Balaban J connectivity index is 1.53. The van der Waals surface area contributed by atoms with E-state index >= 15 is 0 Å². The number of allylic oxidation sites excluding steroid dienone is 4. The van der Waals surface area contributed by atoms with E-state index < -0.39 is 39.7 Å². The first-order chi connectivity index (χ1) is 15.7. The quantitative estimate of drug-likeness (QED) is 0.534. The van der Waals surface area contributed by atoms with Crippen LogP contribution < -0.4 is 0 Å². The Morgan fingerprint density at radius 2 is 1.76 bits per heavy atom. The summed E-state index contributed by atoms with van der Waals surface area (Å²) in [5.74, 6) is -0.552. The largest absolute Gasteiger partial charge is 0.455 e. The van der Waals surface area contributed by atoms with Crippen LogP contribution in [0.5, 0.6) is 0 Å². The van der Waals surface area contributed by atoms with Crippen LogP contribution in [-0.2, 0) is 14.3 Å². The molecule has 0 aromatic heterocycles. The van der Waals surface area contributed by atoms with E-state index in [1.807, 2.05) is 26.8 Å². The lowest BCUT2D eigenvalue weighted by atomic mass is 9.44. The van der Waals surface area contributed by atoms with Gasteiger partial charge >= 0.3 is 5.97 Å². The Kier molecular flexibility index (Phi) is 5.03. The molecule has 3 N–H and O–H groups in total. The maximum atomic E-state index is 13.1. The summed E-state index contributed by atoms with van der Waals surface area (Å²) in [6, 6.07) is 0. The van der Waals surface area contributed by atoms with E-state index in [4.69, 9.17) is 4.74 Å². The molecule has 0 bridgehead atoms. The van der Waals surface area contributed by atoms with Crippen LogP contribution in [0, 0.1) is 22.7 Å². The maximum Gasteiger partial charge on any atom is 0.334 e. The second-order valence-corrected chi connectivity index (χ2v) is 12.2. The highest BCUT2D eigenvalue weighted by molar-refractivity contribution is 5.99. The third-order valence-corrected chi connectivity index (χ3v) is 11.1. The molecule has 0 amide bonds. The average molecular weight is 471 g/mol. The van der Waals surface area contributed by atoms with Gasteiger partial charge in [-0.2, -0.15) is 0 Å². The molecule has 5 aliphatic rings. The second-order valence-electron chi connectivity index (χ2n) is 12.2. The van der Waals surface area contributed by atoms with Gasteiger partial charge in [0.05, 0.1) is 11.0 Å². The van der Waals surface area contributed by atoms with Crippen molar-refractivity contribution in [2.24, 2.45) is 22.7 Å². The Labute approximate surface area is 201 Å². The molecule has 3 saturated carbocycles. The van der Waals surface area contributed by atoms with Gasteiger partial charge in [0.25, 0.3) is 0 Å². The van der Waals surface area contributed by atoms with Gasteiger partial charge in [-0.3, -0.25) is 4.79 Å². The fourth-order valence-corrected chi connectivity index (χ4v) is 8.50. The lowest BCUT2D eigenvalue weighted by Gasteiger charge is -2.63. The van der Waals surface area contributed by atoms with E-state index in [2.05, 4.69) is 6.08 Å². The normalized spacial score (nSPS) is 47.9. The third-order valence-electron chi connectivity index (χ3n) is 11.1. The number of aliphatic hydroxyl groups is 3. The van der Waals surface area contributed by atoms with Crippen LogP contribution >= 0.6 is 0 Å². The summed E-state index contributed by atoms with van der Waals surface area (Å²) in [6.45, 7) is 9.02. The Bertz CT molecular complexity index is 1050. The Morgan fingerprint density at radius 1 is 1.06 bits per heavy atom. The molecule has 3 fully saturated rings. The number of cyclic esters (lactones) is 1. The van der Waals surface area contributed by atoms with Crippen molar-refractivity contribution in [1.29, 1.82) is 0 Å². The standard InChI is InChI=1S/C28H38O6/c1-16-15-22(34-23(30)17(16)2)26(5,31)28(33)14-13-27(32)20-10-9-18-7-6-8-21(29)25(18,4)19(20)11-12-24(27,28)3/h6-8,19-20,22,31-33H,9-15H2,1-5H3. The van der Waals surface area contributed by atoms with Crippen molar-refractivity contribution in [3.8, 4) is 0 Å². The summed E-state index contributed by atoms with van der Waals surface area (Å²) >= 11 is 0. The molecule has 8 atom stereocenters. The van der Waals surface area contributed by atoms with Crippen LogP contribution in [0.1, 0.15) is 79.6 Å². The minimum atomic E-state index is -1.75. The molecular formula is C28H38O6. The molecule has 6 nitrogen and oxygen atoms in total. The first kappa shape index (κ1) is 24.0. The van der Waals surface area contributed by atoms with Crippen molar-refractivity contribution in [1.82, 2.24) is 0 Å². The molecule has 5 rings (SSSR count). The van der Waals surface area contributed by atoms with Crippen LogP contribution in [0.3, 0.4) is 0 Å². The molecule has 0 spiro atoms. The molecular weight excluding hydrogens is 432 g/mol. The molecule has 186 valence electrons. The summed E-state index contributed by atoms with van der Waals surface area (Å²) in [5.41, 5.74) is -3.74. The molecule has 8 unspecified atom stereocenters. The van der Waals surface area contributed by atoms with Gasteiger partial charge in [-0.15, -0.1) is 0 Å².